The average molecular weight is 324 g/mol. The first-order valence-electron chi connectivity index (χ1n) is 6.92. The number of hydrogen-bond acceptors (Lipinski definition) is 2. The van der Waals surface area contributed by atoms with Crippen LogP contribution in [0.3, 0.4) is 0 Å². The van der Waals surface area contributed by atoms with E-state index < -0.39 is 5.97 Å². The van der Waals surface area contributed by atoms with Crippen molar-refractivity contribution in [3.63, 3.8) is 0 Å². The normalized spacial score (nSPS) is 18.6. The van der Waals surface area contributed by atoms with Crippen LogP contribution in [0, 0.1) is 17.8 Å². The molecule has 2 N–H and O–H groups in total. The third-order valence-electron chi connectivity index (χ3n) is 4.20. The van der Waals surface area contributed by atoms with Gasteiger partial charge in [-0.15, -0.1) is 0 Å². The van der Waals surface area contributed by atoms with Crippen molar-refractivity contribution in [3.05, 3.63) is 28.2 Å². The maximum Gasteiger partial charge on any atom is 0.335 e. The molecular formula is C15H18BrNO2. The molecule has 0 aromatic heterocycles. The van der Waals surface area contributed by atoms with Crippen LogP contribution in [0.1, 0.15) is 36.0 Å². The molecule has 3 rings (SSSR count). The summed E-state index contributed by atoms with van der Waals surface area (Å²) in [5, 5.41) is 12.4. The number of carboxylic acid groups (broad SMARTS) is 1. The lowest BCUT2D eigenvalue weighted by molar-refractivity contribution is 0.0697. The molecule has 2 saturated carbocycles. The fraction of sp³-hybridized carbons (Fsp3) is 0.533. The second-order valence-corrected chi connectivity index (χ2v) is 6.57. The summed E-state index contributed by atoms with van der Waals surface area (Å²) in [6, 6.07) is 5.16. The maximum atomic E-state index is 10.9. The fourth-order valence-corrected chi connectivity index (χ4v) is 3.31. The number of rotatable bonds is 6. The molecule has 1 aromatic carbocycles. The van der Waals surface area contributed by atoms with E-state index in [2.05, 4.69) is 21.2 Å². The lowest BCUT2D eigenvalue weighted by atomic mass is 9.98. The van der Waals surface area contributed by atoms with Crippen LogP contribution in [0.2, 0.25) is 0 Å². The van der Waals surface area contributed by atoms with Gasteiger partial charge in [-0.2, -0.15) is 0 Å². The summed E-state index contributed by atoms with van der Waals surface area (Å²) in [4.78, 5) is 10.9. The van der Waals surface area contributed by atoms with E-state index in [0.29, 0.717) is 5.56 Å². The second-order valence-electron chi connectivity index (χ2n) is 5.72. The van der Waals surface area contributed by atoms with Crippen molar-refractivity contribution in [2.24, 2.45) is 17.8 Å². The molecule has 0 heterocycles. The van der Waals surface area contributed by atoms with Crippen LogP contribution in [-0.4, -0.2) is 17.6 Å². The van der Waals surface area contributed by atoms with Crippen LogP contribution in [0.4, 0.5) is 5.69 Å². The van der Waals surface area contributed by atoms with Crippen molar-refractivity contribution in [3.8, 4) is 0 Å². The largest absolute Gasteiger partial charge is 0.478 e. The van der Waals surface area contributed by atoms with E-state index in [1.165, 1.54) is 25.7 Å². The molecule has 0 spiro atoms. The summed E-state index contributed by atoms with van der Waals surface area (Å²) >= 11 is 3.45. The number of nitrogens with one attached hydrogen (secondary N) is 1. The summed E-state index contributed by atoms with van der Waals surface area (Å²) < 4.78 is 0.831. The van der Waals surface area contributed by atoms with E-state index in [0.717, 1.165) is 34.5 Å². The van der Waals surface area contributed by atoms with Crippen LogP contribution in [0.25, 0.3) is 0 Å². The quantitative estimate of drug-likeness (QED) is 0.832. The zero-order valence-corrected chi connectivity index (χ0v) is 12.3. The average Bonchev–Trinajstić information content (AvgIpc) is 3.25. The number of hydrogen-bond donors (Lipinski definition) is 2. The molecule has 102 valence electrons. The van der Waals surface area contributed by atoms with Gasteiger partial charge in [0, 0.05) is 16.7 Å². The Morgan fingerprint density at radius 3 is 2.42 bits per heavy atom. The van der Waals surface area contributed by atoms with Crippen molar-refractivity contribution < 1.29 is 9.90 Å². The van der Waals surface area contributed by atoms with Crippen LogP contribution in [0.15, 0.2) is 22.7 Å². The summed E-state index contributed by atoms with van der Waals surface area (Å²) in [5.41, 5.74) is 1.31. The first-order valence-corrected chi connectivity index (χ1v) is 7.71. The Bertz CT molecular complexity index is 483. The molecule has 0 atom stereocenters. The van der Waals surface area contributed by atoms with Crippen LogP contribution in [-0.2, 0) is 0 Å². The van der Waals surface area contributed by atoms with Gasteiger partial charge in [0.2, 0.25) is 0 Å². The highest BCUT2D eigenvalue weighted by Gasteiger charge is 2.41. The minimum atomic E-state index is -0.888. The minimum absolute atomic E-state index is 0.318. The van der Waals surface area contributed by atoms with E-state index in [9.17, 15) is 4.79 Å². The van der Waals surface area contributed by atoms with Crippen LogP contribution in [0.5, 0.6) is 0 Å². The van der Waals surface area contributed by atoms with Gasteiger partial charge in [-0.1, -0.05) is 0 Å². The Hall–Kier alpha value is -1.03. The smallest absolute Gasteiger partial charge is 0.335 e. The standard InChI is InChI=1S/C15H18BrNO2/c16-13-7-11(15(18)19)5-6-14(13)17-8-12(9-1-2-9)10-3-4-10/h5-7,9-10,12,17H,1-4,8H2,(H,18,19). The molecular weight excluding hydrogens is 306 g/mol. The molecule has 3 nitrogen and oxygen atoms in total. The highest BCUT2D eigenvalue weighted by Crippen LogP contribution is 2.49. The van der Waals surface area contributed by atoms with Crippen LogP contribution < -0.4 is 5.32 Å². The molecule has 0 bridgehead atoms. The Morgan fingerprint density at radius 1 is 1.32 bits per heavy atom. The van der Waals surface area contributed by atoms with Gasteiger partial charge in [0.15, 0.2) is 0 Å². The molecule has 19 heavy (non-hydrogen) atoms. The minimum Gasteiger partial charge on any atom is -0.478 e. The molecule has 2 aliphatic rings. The highest BCUT2D eigenvalue weighted by molar-refractivity contribution is 9.10. The lowest BCUT2D eigenvalue weighted by Gasteiger charge is -2.18. The topological polar surface area (TPSA) is 49.3 Å². The number of aromatic carboxylic acids is 1. The van der Waals surface area contributed by atoms with Crippen molar-refractivity contribution in [2.45, 2.75) is 25.7 Å². The Kier molecular flexibility index (Phi) is 3.52. The third-order valence-corrected chi connectivity index (χ3v) is 4.86. The van der Waals surface area contributed by atoms with E-state index in [1.807, 2.05) is 6.07 Å². The van der Waals surface area contributed by atoms with Crippen molar-refractivity contribution >= 4 is 27.6 Å². The number of anilines is 1. The van der Waals surface area contributed by atoms with Gasteiger partial charge >= 0.3 is 5.97 Å². The third kappa shape index (κ3) is 3.11. The van der Waals surface area contributed by atoms with Gasteiger partial charge in [-0.3, -0.25) is 0 Å². The van der Waals surface area contributed by atoms with Crippen molar-refractivity contribution in [2.75, 3.05) is 11.9 Å². The molecule has 2 aliphatic carbocycles. The van der Waals surface area contributed by atoms with Gasteiger partial charge in [-0.05, 0) is 77.6 Å². The molecule has 0 amide bonds. The first-order chi connectivity index (χ1) is 9.15. The van der Waals surface area contributed by atoms with Gasteiger partial charge in [0.25, 0.3) is 0 Å². The molecule has 1 aromatic rings. The molecule has 0 unspecified atom stereocenters. The van der Waals surface area contributed by atoms with Crippen molar-refractivity contribution in [1.82, 2.24) is 0 Å². The van der Waals surface area contributed by atoms with E-state index in [1.54, 1.807) is 12.1 Å². The number of carbonyl (C=O) groups is 1. The van der Waals surface area contributed by atoms with E-state index >= 15 is 0 Å². The molecule has 0 radical (unpaired) electrons. The summed E-state index contributed by atoms with van der Waals surface area (Å²) in [6.07, 6.45) is 5.56. The van der Waals surface area contributed by atoms with E-state index in [4.69, 9.17) is 5.11 Å². The molecule has 2 fully saturated rings. The predicted octanol–water partition coefficient (Wildman–Crippen LogP) is 4.00. The Labute approximate surface area is 121 Å². The monoisotopic (exact) mass is 323 g/mol. The maximum absolute atomic E-state index is 10.9. The molecule has 4 heteroatoms. The highest BCUT2D eigenvalue weighted by atomic mass is 79.9. The zero-order chi connectivity index (χ0) is 13.4. The number of halogens is 1. The van der Waals surface area contributed by atoms with Gasteiger partial charge in [0.05, 0.1) is 5.56 Å². The van der Waals surface area contributed by atoms with Gasteiger partial charge < -0.3 is 10.4 Å². The van der Waals surface area contributed by atoms with Gasteiger partial charge in [0.1, 0.15) is 0 Å². The first kappa shape index (κ1) is 13.0. The predicted molar refractivity (Wildman–Crippen MR) is 78.5 cm³/mol. The van der Waals surface area contributed by atoms with Crippen molar-refractivity contribution in [1.29, 1.82) is 0 Å². The van der Waals surface area contributed by atoms with Gasteiger partial charge in [-0.25, -0.2) is 4.79 Å². The zero-order valence-electron chi connectivity index (χ0n) is 10.7. The second kappa shape index (κ2) is 5.16. The number of benzene rings is 1. The molecule has 0 saturated heterocycles. The number of carboxylic acids is 1. The SMILES string of the molecule is O=C(O)c1ccc(NCC(C2CC2)C2CC2)c(Br)c1. The summed E-state index contributed by atoms with van der Waals surface area (Å²) in [7, 11) is 0. The lowest BCUT2D eigenvalue weighted by Crippen LogP contribution is -2.18. The summed E-state index contributed by atoms with van der Waals surface area (Å²) in [6.45, 7) is 1.01. The van der Waals surface area contributed by atoms with E-state index in [-0.39, 0.29) is 0 Å². The molecule has 0 aliphatic heterocycles. The van der Waals surface area contributed by atoms with Crippen LogP contribution >= 0.6 is 15.9 Å². The fourth-order valence-electron chi connectivity index (χ4n) is 2.79. The Morgan fingerprint density at radius 2 is 1.95 bits per heavy atom. The summed E-state index contributed by atoms with van der Waals surface area (Å²) in [5.74, 6) is 1.78. The Balaban J connectivity index is 1.64.